The Morgan fingerprint density at radius 2 is 2.30 bits per heavy atom. The molecule has 2 atom stereocenters. The van der Waals surface area contributed by atoms with E-state index in [1.807, 2.05) is 12.3 Å². The molecule has 6 heteroatoms. The van der Waals surface area contributed by atoms with E-state index in [1.165, 1.54) is 5.56 Å². The minimum absolute atomic E-state index is 0. The second kappa shape index (κ2) is 6.54. The number of fused-ring (bicyclic) bond motifs is 1. The summed E-state index contributed by atoms with van der Waals surface area (Å²) in [6.07, 6.45) is 3.79. The molecule has 0 saturated carbocycles. The van der Waals surface area contributed by atoms with Gasteiger partial charge in [0, 0.05) is 38.3 Å². The summed E-state index contributed by atoms with van der Waals surface area (Å²) in [4.78, 5) is 4.39. The highest BCUT2D eigenvalue weighted by Crippen LogP contribution is 2.10. The fourth-order valence-corrected chi connectivity index (χ4v) is 2.58. The molecule has 0 aliphatic carbocycles. The van der Waals surface area contributed by atoms with Crippen LogP contribution in [0.1, 0.15) is 11.3 Å². The Morgan fingerprint density at radius 1 is 1.45 bits per heavy atom. The van der Waals surface area contributed by atoms with Gasteiger partial charge in [0.2, 0.25) is 0 Å². The number of pyridine rings is 1. The summed E-state index contributed by atoms with van der Waals surface area (Å²) in [5.74, 6) is 0.306. The van der Waals surface area contributed by atoms with Gasteiger partial charge in [-0.05, 0) is 18.6 Å². The Hall–Kier alpha value is -1.14. The summed E-state index contributed by atoms with van der Waals surface area (Å²) in [7, 11) is 0. The van der Waals surface area contributed by atoms with Gasteiger partial charge >= 0.3 is 0 Å². The molecule has 1 aliphatic rings. The summed E-state index contributed by atoms with van der Waals surface area (Å²) in [5.41, 5.74) is 3.35. The molecule has 110 valence electrons. The maximum atomic E-state index is 9.73. The van der Waals surface area contributed by atoms with E-state index >= 15 is 0 Å². The number of aliphatic hydroxyl groups excluding tert-OH is 1. The lowest BCUT2D eigenvalue weighted by Gasteiger charge is -2.13. The van der Waals surface area contributed by atoms with E-state index in [1.54, 1.807) is 0 Å². The van der Waals surface area contributed by atoms with Crippen molar-refractivity contribution in [2.24, 2.45) is 5.92 Å². The molecular formula is C14H21ClN4O. The zero-order valence-corrected chi connectivity index (χ0v) is 12.4. The predicted octanol–water partition coefficient (Wildman–Crippen LogP) is 0.734. The highest BCUT2D eigenvalue weighted by molar-refractivity contribution is 5.85. The molecule has 2 aromatic rings. The molecule has 2 aromatic heterocycles. The van der Waals surface area contributed by atoms with Gasteiger partial charge in [0.05, 0.1) is 18.0 Å². The van der Waals surface area contributed by atoms with Crippen molar-refractivity contribution in [1.82, 2.24) is 20.0 Å². The average molecular weight is 297 g/mol. The monoisotopic (exact) mass is 296 g/mol. The maximum absolute atomic E-state index is 9.73. The van der Waals surface area contributed by atoms with Gasteiger partial charge in [0.15, 0.2) is 0 Å². The molecule has 1 saturated heterocycles. The normalized spacial score (nSPS) is 22.1. The van der Waals surface area contributed by atoms with Gasteiger partial charge in [-0.3, -0.25) is 0 Å². The lowest BCUT2D eigenvalue weighted by atomic mass is 10.1. The number of nitrogens with zero attached hydrogens (tertiary/aromatic N) is 2. The third-order valence-electron chi connectivity index (χ3n) is 3.75. The van der Waals surface area contributed by atoms with Gasteiger partial charge in [-0.1, -0.05) is 6.07 Å². The molecule has 3 N–H and O–H groups in total. The van der Waals surface area contributed by atoms with Crippen molar-refractivity contribution in [1.29, 1.82) is 0 Å². The van der Waals surface area contributed by atoms with Crippen LogP contribution < -0.4 is 10.6 Å². The Kier molecular flexibility index (Phi) is 4.99. The predicted molar refractivity (Wildman–Crippen MR) is 81.3 cm³/mol. The first kappa shape index (κ1) is 15.3. The first-order valence-corrected chi connectivity index (χ1v) is 6.76. The van der Waals surface area contributed by atoms with E-state index in [0.29, 0.717) is 12.5 Å². The van der Waals surface area contributed by atoms with Gasteiger partial charge < -0.3 is 20.1 Å². The third-order valence-corrected chi connectivity index (χ3v) is 3.75. The number of hydrogen-bond acceptors (Lipinski definition) is 4. The van der Waals surface area contributed by atoms with Crippen LogP contribution >= 0.6 is 12.4 Å². The molecule has 3 heterocycles. The fourth-order valence-electron chi connectivity index (χ4n) is 2.58. The SMILES string of the molecule is Cc1ccc2ncc(CNCC3CNCC3O)n2c1.Cl. The number of aryl methyl sites for hydroxylation is 1. The van der Waals surface area contributed by atoms with Crippen molar-refractivity contribution >= 4 is 18.1 Å². The number of aliphatic hydroxyl groups is 1. The number of rotatable bonds is 4. The fraction of sp³-hybridized carbons (Fsp3) is 0.500. The number of imidazole rings is 1. The molecule has 1 aliphatic heterocycles. The number of halogens is 1. The van der Waals surface area contributed by atoms with Crippen molar-refractivity contribution in [3.05, 3.63) is 35.8 Å². The Labute approximate surface area is 124 Å². The van der Waals surface area contributed by atoms with Crippen LogP contribution in [0.25, 0.3) is 5.65 Å². The summed E-state index contributed by atoms with van der Waals surface area (Å²) in [6, 6.07) is 4.10. The van der Waals surface area contributed by atoms with Crippen molar-refractivity contribution in [2.45, 2.75) is 19.6 Å². The van der Waals surface area contributed by atoms with E-state index in [-0.39, 0.29) is 18.5 Å². The summed E-state index contributed by atoms with van der Waals surface area (Å²) < 4.78 is 2.12. The van der Waals surface area contributed by atoms with E-state index < -0.39 is 0 Å². The van der Waals surface area contributed by atoms with Gasteiger partial charge in [-0.15, -0.1) is 12.4 Å². The van der Waals surface area contributed by atoms with Gasteiger partial charge in [-0.25, -0.2) is 4.98 Å². The lowest BCUT2D eigenvalue weighted by Crippen LogP contribution is -2.30. The van der Waals surface area contributed by atoms with E-state index in [9.17, 15) is 5.11 Å². The van der Waals surface area contributed by atoms with Gasteiger partial charge in [0.25, 0.3) is 0 Å². The molecule has 20 heavy (non-hydrogen) atoms. The lowest BCUT2D eigenvalue weighted by molar-refractivity contribution is 0.146. The van der Waals surface area contributed by atoms with Crippen LogP contribution in [0.5, 0.6) is 0 Å². The second-order valence-electron chi connectivity index (χ2n) is 5.30. The number of hydrogen-bond donors (Lipinski definition) is 3. The first-order valence-electron chi connectivity index (χ1n) is 6.76. The quantitative estimate of drug-likeness (QED) is 0.779. The maximum Gasteiger partial charge on any atom is 0.136 e. The van der Waals surface area contributed by atoms with Crippen LogP contribution in [0.4, 0.5) is 0 Å². The van der Waals surface area contributed by atoms with Crippen molar-refractivity contribution in [2.75, 3.05) is 19.6 Å². The number of nitrogens with one attached hydrogen (secondary N) is 2. The van der Waals surface area contributed by atoms with Crippen LogP contribution in [0, 0.1) is 12.8 Å². The summed E-state index contributed by atoms with van der Waals surface area (Å²) in [5, 5.41) is 16.3. The Morgan fingerprint density at radius 3 is 3.05 bits per heavy atom. The number of aromatic nitrogens is 2. The molecule has 0 aromatic carbocycles. The molecule has 5 nitrogen and oxygen atoms in total. The van der Waals surface area contributed by atoms with E-state index in [2.05, 4.69) is 39.2 Å². The smallest absolute Gasteiger partial charge is 0.136 e. The van der Waals surface area contributed by atoms with Crippen molar-refractivity contribution in [3.63, 3.8) is 0 Å². The molecule has 2 unspecified atom stereocenters. The van der Waals surface area contributed by atoms with Crippen LogP contribution in [0.3, 0.4) is 0 Å². The van der Waals surface area contributed by atoms with Crippen LogP contribution in [0.2, 0.25) is 0 Å². The zero-order chi connectivity index (χ0) is 13.2. The minimum Gasteiger partial charge on any atom is -0.391 e. The Bertz CT molecular complexity index is 571. The summed E-state index contributed by atoms with van der Waals surface area (Å²) in [6.45, 7) is 5.28. The molecule has 0 amide bonds. The average Bonchev–Trinajstić information content (AvgIpc) is 2.97. The van der Waals surface area contributed by atoms with Crippen LogP contribution in [0.15, 0.2) is 24.5 Å². The summed E-state index contributed by atoms with van der Waals surface area (Å²) >= 11 is 0. The van der Waals surface area contributed by atoms with Crippen LogP contribution in [-0.4, -0.2) is 40.2 Å². The highest BCUT2D eigenvalue weighted by atomic mass is 35.5. The van der Waals surface area contributed by atoms with Gasteiger partial charge in [-0.2, -0.15) is 0 Å². The second-order valence-corrected chi connectivity index (χ2v) is 5.30. The standard InChI is InChI=1S/C14H20N4O.ClH/c1-10-2-3-14-17-7-12(18(14)9-10)6-15-4-11-5-16-8-13(11)19;/h2-3,7,9,11,13,15-16,19H,4-6,8H2,1H3;1H. The molecule has 3 rings (SSSR count). The van der Waals surface area contributed by atoms with E-state index in [4.69, 9.17) is 0 Å². The molecule has 0 radical (unpaired) electrons. The molecule has 1 fully saturated rings. The molecular weight excluding hydrogens is 276 g/mol. The largest absolute Gasteiger partial charge is 0.391 e. The number of β-amino-alcohol motifs (C(OH)–C–C–N with tert-alkyl or cyclic N) is 1. The molecule has 0 bridgehead atoms. The topological polar surface area (TPSA) is 61.6 Å². The Balaban J connectivity index is 0.00000147. The van der Waals surface area contributed by atoms with Gasteiger partial charge in [0.1, 0.15) is 5.65 Å². The molecule has 0 spiro atoms. The van der Waals surface area contributed by atoms with Crippen molar-refractivity contribution < 1.29 is 5.11 Å². The van der Waals surface area contributed by atoms with Crippen LogP contribution in [-0.2, 0) is 6.54 Å². The first-order chi connectivity index (χ1) is 9.24. The minimum atomic E-state index is -0.225. The third kappa shape index (κ3) is 3.12. The highest BCUT2D eigenvalue weighted by Gasteiger charge is 2.24. The van der Waals surface area contributed by atoms with Crippen molar-refractivity contribution in [3.8, 4) is 0 Å². The van der Waals surface area contributed by atoms with E-state index in [0.717, 1.165) is 31.0 Å². The zero-order valence-electron chi connectivity index (χ0n) is 11.5.